The number of carbonyl (C=O) groups excluding carboxylic acids is 3. The number of hydrogen-bond acceptors (Lipinski definition) is 6. The fourth-order valence-corrected chi connectivity index (χ4v) is 4.91. The second kappa shape index (κ2) is 11.7. The van der Waals surface area contributed by atoms with Crippen LogP contribution in [0.1, 0.15) is 22.8 Å². The summed E-state index contributed by atoms with van der Waals surface area (Å²) in [5.41, 5.74) is 1.86. The van der Waals surface area contributed by atoms with E-state index in [1.54, 1.807) is 30.5 Å². The number of anilines is 1. The van der Waals surface area contributed by atoms with Gasteiger partial charge < -0.3 is 10.6 Å². The molecule has 0 saturated carbocycles. The van der Waals surface area contributed by atoms with Crippen LogP contribution in [0.3, 0.4) is 0 Å². The Bertz CT molecular complexity index is 1590. The van der Waals surface area contributed by atoms with Gasteiger partial charge in [-0.15, -0.1) is 0 Å². The SMILES string of the molecule is CC(=O)NCC(=O)[C@H](Cc1ccccc1)NC(=O)c1cccc(NS(=O)(=O)c2ccc3ncccc3c2)c1. The van der Waals surface area contributed by atoms with Crippen molar-refractivity contribution in [1.29, 1.82) is 0 Å². The molecule has 3 aromatic carbocycles. The van der Waals surface area contributed by atoms with Crippen LogP contribution in [0.5, 0.6) is 0 Å². The van der Waals surface area contributed by atoms with E-state index in [4.69, 9.17) is 0 Å². The number of ketones is 1. The van der Waals surface area contributed by atoms with Crippen molar-refractivity contribution >= 4 is 44.2 Å². The van der Waals surface area contributed by atoms with E-state index in [2.05, 4.69) is 20.3 Å². The lowest BCUT2D eigenvalue weighted by atomic mass is 10.0. The fourth-order valence-electron chi connectivity index (χ4n) is 3.83. The van der Waals surface area contributed by atoms with Crippen molar-refractivity contribution in [2.24, 2.45) is 0 Å². The van der Waals surface area contributed by atoms with Crippen LogP contribution < -0.4 is 15.4 Å². The molecule has 1 heterocycles. The molecular formula is C28H26N4O5S. The minimum atomic E-state index is -3.94. The number of hydrogen-bond donors (Lipinski definition) is 3. The molecule has 4 aromatic rings. The molecule has 9 nitrogen and oxygen atoms in total. The van der Waals surface area contributed by atoms with Gasteiger partial charge in [0.15, 0.2) is 5.78 Å². The van der Waals surface area contributed by atoms with Gasteiger partial charge in [0.1, 0.15) is 0 Å². The van der Waals surface area contributed by atoms with Crippen molar-refractivity contribution < 1.29 is 22.8 Å². The molecule has 4 rings (SSSR count). The van der Waals surface area contributed by atoms with E-state index in [9.17, 15) is 22.8 Å². The molecule has 38 heavy (non-hydrogen) atoms. The molecule has 0 unspecified atom stereocenters. The van der Waals surface area contributed by atoms with Gasteiger partial charge in [-0.3, -0.25) is 24.1 Å². The summed E-state index contributed by atoms with van der Waals surface area (Å²) in [5.74, 6) is -1.27. The molecule has 3 N–H and O–H groups in total. The van der Waals surface area contributed by atoms with Crippen molar-refractivity contribution in [2.45, 2.75) is 24.3 Å². The molecule has 0 aliphatic carbocycles. The normalized spacial score (nSPS) is 11.9. The van der Waals surface area contributed by atoms with Crippen LogP contribution in [0.4, 0.5) is 5.69 Å². The molecule has 1 aromatic heterocycles. The average molecular weight is 531 g/mol. The highest BCUT2D eigenvalue weighted by Crippen LogP contribution is 2.21. The van der Waals surface area contributed by atoms with Crippen molar-refractivity contribution in [3.63, 3.8) is 0 Å². The van der Waals surface area contributed by atoms with E-state index in [-0.39, 0.29) is 40.8 Å². The zero-order valence-corrected chi connectivity index (χ0v) is 21.4. The first-order chi connectivity index (χ1) is 18.2. The van der Waals surface area contributed by atoms with Crippen molar-refractivity contribution in [3.8, 4) is 0 Å². The average Bonchev–Trinajstić information content (AvgIpc) is 2.91. The zero-order valence-electron chi connectivity index (χ0n) is 20.5. The van der Waals surface area contributed by atoms with Crippen LogP contribution >= 0.6 is 0 Å². The number of aromatic nitrogens is 1. The monoisotopic (exact) mass is 530 g/mol. The molecule has 0 aliphatic heterocycles. The third-order valence-corrected chi connectivity index (χ3v) is 7.13. The summed E-state index contributed by atoms with van der Waals surface area (Å²) in [4.78, 5) is 41.4. The Hall–Kier alpha value is -4.57. The van der Waals surface area contributed by atoms with Gasteiger partial charge in [-0.25, -0.2) is 8.42 Å². The first-order valence-electron chi connectivity index (χ1n) is 11.8. The third-order valence-electron chi connectivity index (χ3n) is 5.75. The summed E-state index contributed by atoms with van der Waals surface area (Å²) >= 11 is 0. The van der Waals surface area contributed by atoms with Crippen molar-refractivity contribution in [2.75, 3.05) is 11.3 Å². The minimum absolute atomic E-state index is 0.0550. The summed E-state index contributed by atoms with van der Waals surface area (Å²) < 4.78 is 28.5. The van der Waals surface area contributed by atoms with E-state index in [1.165, 1.54) is 37.3 Å². The maximum absolute atomic E-state index is 13.1. The number of pyridine rings is 1. The molecule has 10 heteroatoms. The number of amides is 2. The molecule has 194 valence electrons. The molecule has 1 atom stereocenters. The van der Waals surface area contributed by atoms with Gasteiger partial charge in [0.25, 0.3) is 15.9 Å². The minimum Gasteiger partial charge on any atom is -0.349 e. The molecular weight excluding hydrogens is 504 g/mol. The Morgan fingerprint density at radius 2 is 1.68 bits per heavy atom. The highest BCUT2D eigenvalue weighted by atomic mass is 32.2. The van der Waals surface area contributed by atoms with Crippen LogP contribution in [0.2, 0.25) is 0 Å². The lowest BCUT2D eigenvalue weighted by Crippen LogP contribution is -2.46. The van der Waals surface area contributed by atoms with E-state index < -0.39 is 22.0 Å². The maximum atomic E-state index is 13.1. The summed E-state index contributed by atoms with van der Waals surface area (Å²) in [6.07, 6.45) is 1.86. The zero-order chi connectivity index (χ0) is 27.1. The lowest BCUT2D eigenvalue weighted by Gasteiger charge is -2.18. The molecule has 2 amide bonds. The number of fused-ring (bicyclic) bond motifs is 1. The highest BCUT2D eigenvalue weighted by Gasteiger charge is 2.23. The first-order valence-corrected chi connectivity index (χ1v) is 13.3. The van der Waals surface area contributed by atoms with Crippen LogP contribution in [-0.2, 0) is 26.0 Å². The molecule has 0 saturated heterocycles. The van der Waals surface area contributed by atoms with Gasteiger partial charge in [-0.2, -0.15) is 0 Å². The van der Waals surface area contributed by atoms with Gasteiger partial charge in [0, 0.05) is 29.8 Å². The maximum Gasteiger partial charge on any atom is 0.261 e. The Morgan fingerprint density at radius 3 is 2.45 bits per heavy atom. The predicted octanol–water partition coefficient (Wildman–Crippen LogP) is 3.08. The van der Waals surface area contributed by atoms with E-state index in [0.29, 0.717) is 10.9 Å². The van der Waals surface area contributed by atoms with E-state index in [1.807, 2.05) is 30.3 Å². The van der Waals surface area contributed by atoms with E-state index in [0.717, 1.165) is 5.56 Å². The number of Topliss-reactive ketones (excluding diaryl/α,β-unsaturated/α-hetero) is 1. The smallest absolute Gasteiger partial charge is 0.261 e. The highest BCUT2D eigenvalue weighted by molar-refractivity contribution is 7.92. The predicted molar refractivity (Wildman–Crippen MR) is 144 cm³/mol. The first kappa shape index (κ1) is 26.5. The molecule has 0 aliphatic rings. The fraction of sp³-hybridized carbons (Fsp3) is 0.143. The number of benzene rings is 3. The number of sulfonamides is 1. The van der Waals surface area contributed by atoms with Gasteiger partial charge in [-0.05, 0) is 54.4 Å². The number of rotatable bonds is 10. The Balaban J connectivity index is 1.51. The van der Waals surface area contributed by atoms with Gasteiger partial charge in [0.2, 0.25) is 5.91 Å². The Kier molecular flexibility index (Phi) is 8.12. The van der Waals surface area contributed by atoms with Crippen LogP contribution in [0, 0.1) is 0 Å². The lowest BCUT2D eigenvalue weighted by molar-refractivity contribution is -0.124. The van der Waals surface area contributed by atoms with Crippen LogP contribution in [0.15, 0.2) is 96.0 Å². The third kappa shape index (κ3) is 6.80. The number of nitrogens with one attached hydrogen (secondary N) is 3. The van der Waals surface area contributed by atoms with Crippen molar-refractivity contribution in [1.82, 2.24) is 15.6 Å². The van der Waals surface area contributed by atoms with Crippen LogP contribution in [0.25, 0.3) is 10.9 Å². The van der Waals surface area contributed by atoms with E-state index >= 15 is 0 Å². The largest absolute Gasteiger partial charge is 0.349 e. The second-order valence-electron chi connectivity index (χ2n) is 8.64. The second-order valence-corrected chi connectivity index (χ2v) is 10.3. The summed E-state index contributed by atoms with van der Waals surface area (Å²) in [6, 6.07) is 22.4. The van der Waals surface area contributed by atoms with Crippen molar-refractivity contribution in [3.05, 3.63) is 102 Å². The van der Waals surface area contributed by atoms with Gasteiger partial charge >= 0.3 is 0 Å². The molecule has 0 spiro atoms. The quantitative estimate of drug-likeness (QED) is 0.289. The summed E-state index contributed by atoms with van der Waals surface area (Å²) in [5, 5.41) is 5.87. The molecule has 0 fully saturated rings. The standard InChI is InChI=1S/C28H26N4O5S/c1-19(33)30-18-27(34)26(15-20-7-3-2-4-8-20)31-28(35)22-9-5-11-23(16-22)32-38(36,37)24-12-13-25-21(17-24)10-6-14-29-25/h2-14,16-17,26,32H,15,18H2,1H3,(H,30,33)(H,31,35)/t26-/m0/s1. The number of nitrogens with zero attached hydrogens (tertiary/aromatic N) is 1. The molecule has 0 radical (unpaired) electrons. The van der Waals surface area contributed by atoms with Crippen LogP contribution in [-0.4, -0.2) is 43.6 Å². The van der Waals surface area contributed by atoms with Gasteiger partial charge in [0.05, 0.1) is 23.0 Å². The van der Waals surface area contributed by atoms with Gasteiger partial charge in [-0.1, -0.05) is 42.5 Å². The Morgan fingerprint density at radius 1 is 0.895 bits per heavy atom. The number of carbonyl (C=O) groups is 3. The topological polar surface area (TPSA) is 134 Å². The summed E-state index contributed by atoms with van der Waals surface area (Å²) in [7, 11) is -3.94. The summed E-state index contributed by atoms with van der Waals surface area (Å²) in [6.45, 7) is 1.08. The Labute approximate surface area is 220 Å². The molecule has 0 bridgehead atoms.